The van der Waals surface area contributed by atoms with Gasteiger partial charge in [0.25, 0.3) is 0 Å². The molecule has 3 nitrogen and oxygen atoms in total. The number of rotatable bonds is 3. The number of carbonyl (C=O) groups excluding carboxylic acids is 1. The first kappa shape index (κ1) is 10.4. The number of imidazole rings is 1. The quantitative estimate of drug-likeness (QED) is 0.732. The first-order valence-corrected chi connectivity index (χ1v) is 5.00. The monoisotopic (exact) mass is 212 g/mol. The molecule has 0 atom stereocenters. The van der Waals surface area contributed by atoms with Crippen LogP contribution in [0.1, 0.15) is 21.7 Å². The summed E-state index contributed by atoms with van der Waals surface area (Å²) in [6, 6.07) is 7.41. The van der Waals surface area contributed by atoms with Crippen LogP contribution in [0.15, 0.2) is 36.7 Å². The van der Waals surface area contributed by atoms with Gasteiger partial charge in [0.2, 0.25) is 0 Å². The fourth-order valence-electron chi connectivity index (χ4n) is 1.39. The molecule has 0 spiro atoms. The van der Waals surface area contributed by atoms with Crippen molar-refractivity contribution in [2.24, 2.45) is 7.05 Å². The number of hydrogen-bond donors (Lipinski definition) is 0. The molecule has 3 heteroatoms. The molecule has 0 saturated carbocycles. The Kier molecular flexibility index (Phi) is 2.96. The van der Waals surface area contributed by atoms with E-state index in [0.29, 0.717) is 5.56 Å². The van der Waals surface area contributed by atoms with E-state index in [1.54, 1.807) is 18.3 Å². The highest BCUT2D eigenvalue weighted by molar-refractivity contribution is 5.76. The molecular weight excluding hydrogens is 200 g/mol. The van der Waals surface area contributed by atoms with E-state index in [4.69, 9.17) is 0 Å². The predicted molar refractivity (Wildman–Crippen MR) is 64.0 cm³/mol. The van der Waals surface area contributed by atoms with Gasteiger partial charge in [0, 0.05) is 25.0 Å². The maximum absolute atomic E-state index is 10.5. The van der Waals surface area contributed by atoms with Gasteiger partial charge in [0.1, 0.15) is 12.1 Å². The number of aromatic nitrogens is 2. The molecule has 0 aliphatic rings. The Morgan fingerprint density at radius 1 is 1.12 bits per heavy atom. The van der Waals surface area contributed by atoms with Crippen LogP contribution < -0.4 is 0 Å². The number of aldehydes is 1. The van der Waals surface area contributed by atoms with Crippen LogP contribution in [0, 0.1) is 0 Å². The fourth-order valence-corrected chi connectivity index (χ4v) is 1.39. The molecule has 0 aliphatic carbocycles. The van der Waals surface area contributed by atoms with E-state index in [-0.39, 0.29) is 0 Å². The van der Waals surface area contributed by atoms with E-state index in [1.165, 1.54) is 0 Å². The van der Waals surface area contributed by atoms with Crippen molar-refractivity contribution in [3.05, 3.63) is 53.6 Å². The number of hydrogen-bond acceptors (Lipinski definition) is 2. The standard InChI is InChI=1S/C13H12N2O/c1-15-9-8-14-13(15)7-6-11-2-4-12(10-16)5-3-11/h2-10H,1H3/b7-6+. The van der Waals surface area contributed by atoms with Crippen LogP contribution in [0.3, 0.4) is 0 Å². The largest absolute Gasteiger partial charge is 0.335 e. The summed E-state index contributed by atoms with van der Waals surface area (Å²) < 4.78 is 1.94. The van der Waals surface area contributed by atoms with Crippen LogP contribution in [0.2, 0.25) is 0 Å². The summed E-state index contributed by atoms with van der Waals surface area (Å²) in [6.07, 6.45) is 8.41. The first-order chi connectivity index (χ1) is 7.79. The maximum atomic E-state index is 10.5. The molecule has 80 valence electrons. The van der Waals surface area contributed by atoms with Gasteiger partial charge < -0.3 is 4.57 Å². The lowest BCUT2D eigenvalue weighted by molar-refractivity contribution is 0.112. The Balaban J connectivity index is 2.17. The third-order valence-electron chi connectivity index (χ3n) is 2.36. The second-order valence-electron chi connectivity index (χ2n) is 3.51. The van der Waals surface area contributed by atoms with Crippen molar-refractivity contribution in [1.82, 2.24) is 9.55 Å². The normalized spacial score (nSPS) is 10.8. The van der Waals surface area contributed by atoms with E-state index in [9.17, 15) is 4.79 Å². The molecule has 0 amide bonds. The Morgan fingerprint density at radius 3 is 2.38 bits per heavy atom. The molecule has 16 heavy (non-hydrogen) atoms. The summed E-state index contributed by atoms with van der Waals surface area (Å²) in [5.41, 5.74) is 1.74. The van der Waals surface area contributed by atoms with Gasteiger partial charge in [0.15, 0.2) is 0 Å². The van der Waals surface area contributed by atoms with Gasteiger partial charge in [0.05, 0.1) is 0 Å². The summed E-state index contributed by atoms with van der Waals surface area (Å²) in [4.78, 5) is 14.7. The van der Waals surface area contributed by atoms with Crippen LogP contribution in [-0.4, -0.2) is 15.8 Å². The Morgan fingerprint density at radius 2 is 1.81 bits per heavy atom. The Hall–Kier alpha value is -2.16. The van der Waals surface area contributed by atoms with E-state index < -0.39 is 0 Å². The molecule has 2 rings (SSSR count). The minimum atomic E-state index is 0.689. The SMILES string of the molecule is Cn1ccnc1/C=C/c1ccc(C=O)cc1. The molecule has 0 fully saturated rings. The minimum Gasteiger partial charge on any atom is -0.335 e. The third-order valence-corrected chi connectivity index (χ3v) is 2.36. The second kappa shape index (κ2) is 4.57. The average molecular weight is 212 g/mol. The van der Waals surface area contributed by atoms with Crippen LogP contribution >= 0.6 is 0 Å². The predicted octanol–water partition coefficient (Wildman–Crippen LogP) is 2.40. The highest BCUT2D eigenvalue weighted by atomic mass is 16.1. The van der Waals surface area contributed by atoms with Crippen LogP contribution in [-0.2, 0) is 7.05 Å². The van der Waals surface area contributed by atoms with Gasteiger partial charge in [-0.3, -0.25) is 4.79 Å². The van der Waals surface area contributed by atoms with Crippen LogP contribution in [0.25, 0.3) is 12.2 Å². The molecule has 0 N–H and O–H groups in total. The maximum Gasteiger partial charge on any atom is 0.150 e. The minimum absolute atomic E-state index is 0.689. The van der Waals surface area contributed by atoms with Crippen molar-refractivity contribution in [1.29, 1.82) is 0 Å². The highest BCUT2D eigenvalue weighted by Crippen LogP contribution is 2.07. The molecule has 0 radical (unpaired) electrons. The molecule has 1 heterocycles. The zero-order chi connectivity index (χ0) is 11.4. The highest BCUT2D eigenvalue weighted by Gasteiger charge is 1.93. The van der Waals surface area contributed by atoms with Gasteiger partial charge in [-0.15, -0.1) is 0 Å². The van der Waals surface area contributed by atoms with Crippen LogP contribution in [0.5, 0.6) is 0 Å². The van der Waals surface area contributed by atoms with E-state index in [0.717, 1.165) is 17.7 Å². The molecule has 0 bridgehead atoms. The fraction of sp³-hybridized carbons (Fsp3) is 0.0769. The van der Waals surface area contributed by atoms with Crippen LogP contribution in [0.4, 0.5) is 0 Å². The van der Waals surface area contributed by atoms with Gasteiger partial charge >= 0.3 is 0 Å². The lowest BCUT2D eigenvalue weighted by Crippen LogP contribution is -1.88. The molecule has 2 aromatic rings. The number of aryl methyl sites for hydroxylation is 1. The van der Waals surface area contributed by atoms with Gasteiger partial charge in [-0.2, -0.15) is 0 Å². The summed E-state index contributed by atoms with van der Waals surface area (Å²) in [7, 11) is 1.95. The summed E-state index contributed by atoms with van der Waals surface area (Å²) in [6.45, 7) is 0. The average Bonchev–Trinajstić information content (AvgIpc) is 2.73. The zero-order valence-electron chi connectivity index (χ0n) is 9.00. The lowest BCUT2D eigenvalue weighted by atomic mass is 10.1. The number of nitrogens with zero attached hydrogens (tertiary/aromatic N) is 2. The van der Waals surface area contributed by atoms with E-state index in [2.05, 4.69) is 4.98 Å². The van der Waals surface area contributed by atoms with Gasteiger partial charge in [-0.05, 0) is 11.6 Å². The summed E-state index contributed by atoms with van der Waals surface area (Å²) >= 11 is 0. The molecular formula is C13H12N2O. The van der Waals surface area contributed by atoms with Crippen molar-refractivity contribution in [3.8, 4) is 0 Å². The van der Waals surface area contributed by atoms with Crippen molar-refractivity contribution in [3.63, 3.8) is 0 Å². The molecule has 1 aromatic heterocycles. The topological polar surface area (TPSA) is 34.9 Å². The second-order valence-corrected chi connectivity index (χ2v) is 3.51. The summed E-state index contributed by atoms with van der Waals surface area (Å²) in [5, 5.41) is 0. The van der Waals surface area contributed by atoms with Crippen molar-refractivity contribution >= 4 is 18.4 Å². The number of benzene rings is 1. The molecule has 0 unspecified atom stereocenters. The van der Waals surface area contributed by atoms with Crippen molar-refractivity contribution < 1.29 is 4.79 Å². The smallest absolute Gasteiger partial charge is 0.150 e. The zero-order valence-corrected chi connectivity index (χ0v) is 9.00. The third kappa shape index (κ3) is 2.25. The molecule has 0 aliphatic heterocycles. The lowest BCUT2D eigenvalue weighted by Gasteiger charge is -1.95. The van der Waals surface area contributed by atoms with Crippen molar-refractivity contribution in [2.75, 3.05) is 0 Å². The van der Waals surface area contributed by atoms with Crippen molar-refractivity contribution in [2.45, 2.75) is 0 Å². The molecule has 0 saturated heterocycles. The Bertz CT molecular complexity index is 509. The van der Waals surface area contributed by atoms with E-state index >= 15 is 0 Å². The Labute approximate surface area is 94.1 Å². The number of carbonyl (C=O) groups is 1. The van der Waals surface area contributed by atoms with E-state index in [1.807, 2.05) is 42.1 Å². The van der Waals surface area contributed by atoms with Gasteiger partial charge in [-0.25, -0.2) is 4.98 Å². The first-order valence-electron chi connectivity index (χ1n) is 5.00. The summed E-state index contributed by atoms with van der Waals surface area (Å²) in [5.74, 6) is 0.902. The molecule has 1 aromatic carbocycles. The van der Waals surface area contributed by atoms with Gasteiger partial charge in [-0.1, -0.05) is 30.3 Å².